The Morgan fingerprint density at radius 2 is 1.79 bits per heavy atom. The van der Waals surface area contributed by atoms with Crippen molar-refractivity contribution in [3.8, 4) is 11.4 Å². The second-order valence-corrected chi connectivity index (χ2v) is 9.86. The molecule has 0 atom stereocenters. The quantitative estimate of drug-likeness (QED) is 0.395. The van der Waals surface area contributed by atoms with Gasteiger partial charge in [-0.3, -0.25) is 4.79 Å². The fourth-order valence-corrected chi connectivity index (χ4v) is 5.21. The number of carbonyl (C=O) groups excluding carboxylic acids is 1. The van der Waals surface area contributed by atoms with Gasteiger partial charge in [-0.1, -0.05) is 40.6 Å². The molecule has 1 fully saturated rings. The molecule has 1 aliphatic heterocycles. The van der Waals surface area contributed by atoms with Crippen molar-refractivity contribution in [2.24, 2.45) is 0 Å². The molecule has 1 aliphatic rings. The molecule has 1 saturated heterocycles. The zero-order valence-electron chi connectivity index (χ0n) is 19.2. The Balaban J connectivity index is 1.26. The molecule has 1 amide bonds. The first-order valence-electron chi connectivity index (χ1n) is 11.3. The minimum absolute atomic E-state index is 0.00745. The van der Waals surface area contributed by atoms with Gasteiger partial charge in [-0.2, -0.15) is 10.1 Å². The number of fused-ring (bicyclic) bond motifs is 1. The summed E-state index contributed by atoms with van der Waals surface area (Å²) in [5, 5.41) is 6.33. The summed E-state index contributed by atoms with van der Waals surface area (Å²) >= 11 is 7.58. The number of hydrogen-bond acceptors (Lipinski definition) is 6. The first-order valence-corrected chi connectivity index (χ1v) is 12.5. The molecule has 2 aromatic carbocycles. The topological polar surface area (TPSA) is 63.5 Å². The van der Waals surface area contributed by atoms with Gasteiger partial charge in [0, 0.05) is 31.2 Å². The second-order valence-electron chi connectivity index (χ2n) is 8.45. The molecule has 9 heteroatoms. The van der Waals surface area contributed by atoms with E-state index in [-0.39, 0.29) is 12.5 Å². The summed E-state index contributed by atoms with van der Waals surface area (Å²) in [6.07, 6.45) is 0.881. The summed E-state index contributed by atoms with van der Waals surface area (Å²) in [6, 6.07) is 15.4. The van der Waals surface area contributed by atoms with Crippen LogP contribution in [0.5, 0.6) is 5.75 Å². The molecule has 2 aromatic heterocycles. The molecule has 0 N–H and O–H groups in total. The summed E-state index contributed by atoms with van der Waals surface area (Å²) in [5.74, 6) is 0.633. The van der Waals surface area contributed by atoms with E-state index in [4.69, 9.17) is 26.4 Å². The predicted molar refractivity (Wildman–Crippen MR) is 137 cm³/mol. The Kier molecular flexibility index (Phi) is 6.43. The van der Waals surface area contributed by atoms with Crippen LogP contribution in [-0.2, 0) is 4.79 Å². The van der Waals surface area contributed by atoms with Gasteiger partial charge in [0.15, 0.2) is 17.4 Å². The number of rotatable bonds is 5. The number of benzene rings is 2. The Hall–Kier alpha value is -3.10. The minimum Gasteiger partial charge on any atom is -0.484 e. The lowest BCUT2D eigenvalue weighted by Crippen LogP contribution is -2.38. The lowest BCUT2D eigenvalue weighted by Gasteiger charge is -2.21. The Morgan fingerprint density at radius 1 is 1.03 bits per heavy atom. The van der Waals surface area contributed by atoms with E-state index in [1.807, 2.05) is 16.5 Å². The maximum atomic E-state index is 12.7. The van der Waals surface area contributed by atoms with E-state index in [0.717, 1.165) is 46.4 Å². The molecule has 0 bridgehead atoms. The van der Waals surface area contributed by atoms with Crippen LogP contribution in [0.3, 0.4) is 0 Å². The Morgan fingerprint density at radius 3 is 2.56 bits per heavy atom. The summed E-state index contributed by atoms with van der Waals surface area (Å²) in [4.78, 5) is 21.8. The van der Waals surface area contributed by atoms with Crippen LogP contribution in [0.1, 0.15) is 17.7 Å². The van der Waals surface area contributed by atoms with Crippen molar-refractivity contribution in [2.75, 3.05) is 37.7 Å². The van der Waals surface area contributed by atoms with Gasteiger partial charge in [0.1, 0.15) is 5.75 Å². The molecule has 3 heterocycles. The van der Waals surface area contributed by atoms with Gasteiger partial charge in [-0.15, -0.1) is 0 Å². The normalized spacial score (nSPS) is 14.4. The van der Waals surface area contributed by atoms with E-state index in [0.29, 0.717) is 23.9 Å². The molecule has 0 unspecified atom stereocenters. The number of nitrogens with zero attached hydrogens (tertiary/aromatic N) is 5. The molecule has 0 saturated carbocycles. The predicted octanol–water partition coefficient (Wildman–Crippen LogP) is 4.87. The number of aryl methyl sites for hydroxylation is 2. The standard InChI is InChI=1S/C25H26ClN5O2S/c1-17-4-8-20(9-5-17)31-24-23(18(2)28-31)34-25(27-24)30-13-3-12-29(14-15-30)22(32)16-33-21-10-6-19(26)7-11-21/h4-11H,3,12-16H2,1-2H3. The van der Waals surface area contributed by atoms with E-state index in [1.54, 1.807) is 35.6 Å². The Labute approximate surface area is 207 Å². The highest BCUT2D eigenvalue weighted by Crippen LogP contribution is 2.33. The summed E-state index contributed by atoms with van der Waals surface area (Å²) in [6.45, 7) is 7.07. The van der Waals surface area contributed by atoms with Gasteiger partial charge in [0.05, 0.1) is 16.1 Å². The van der Waals surface area contributed by atoms with Crippen molar-refractivity contribution >= 4 is 44.3 Å². The van der Waals surface area contributed by atoms with Crippen molar-refractivity contribution in [1.82, 2.24) is 19.7 Å². The first kappa shape index (κ1) is 22.7. The molecule has 0 radical (unpaired) electrons. The number of anilines is 1. The average molecular weight is 496 g/mol. The van der Waals surface area contributed by atoms with Crippen molar-refractivity contribution in [1.29, 1.82) is 0 Å². The zero-order chi connectivity index (χ0) is 23.7. The van der Waals surface area contributed by atoms with Crippen LogP contribution in [0.15, 0.2) is 48.5 Å². The maximum absolute atomic E-state index is 12.7. The smallest absolute Gasteiger partial charge is 0.260 e. The number of amides is 1. The lowest BCUT2D eigenvalue weighted by atomic mass is 10.2. The van der Waals surface area contributed by atoms with E-state index >= 15 is 0 Å². The van der Waals surface area contributed by atoms with Crippen molar-refractivity contribution in [3.05, 3.63) is 64.8 Å². The van der Waals surface area contributed by atoms with E-state index in [9.17, 15) is 4.79 Å². The summed E-state index contributed by atoms with van der Waals surface area (Å²) in [7, 11) is 0. The maximum Gasteiger partial charge on any atom is 0.260 e. The van der Waals surface area contributed by atoms with Gasteiger partial charge in [0.2, 0.25) is 0 Å². The van der Waals surface area contributed by atoms with Crippen LogP contribution in [0.4, 0.5) is 5.13 Å². The van der Waals surface area contributed by atoms with Gasteiger partial charge in [-0.05, 0) is 56.7 Å². The summed E-state index contributed by atoms with van der Waals surface area (Å²) < 4.78 is 8.67. The summed E-state index contributed by atoms with van der Waals surface area (Å²) in [5.41, 5.74) is 4.08. The van der Waals surface area contributed by atoms with Crippen LogP contribution in [0.2, 0.25) is 5.02 Å². The average Bonchev–Trinajstić information content (AvgIpc) is 3.30. The third-order valence-electron chi connectivity index (χ3n) is 5.95. The third kappa shape index (κ3) is 4.74. The van der Waals surface area contributed by atoms with Crippen LogP contribution in [0.25, 0.3) is 16.0 Å². The minimum atomic E-state index is -0.00745. The van der Waals surface area contributed by atoms with E-state index < -0.39 is 0 Å². The van der Waals surface area contributed by atoms with Gasteiger partial charge < -0.3 is 14.5 Å². The van der Waals surface area contributed by atoms with Crippen LogP contribution >= 0.6 is 22.9 Å². The highest BCUT2D eigenvalue weighted by molar-refractivity contribution is 7.22. The number of aromatic nitrogens is 3. The molecular formula is C25H26ClN5O2S. The number of ether oxygens (including phenoxy) is 1. The monoisotopic (exact) mass is 495 g/mol. The van der Waals surface area contributed by atoms with E-state index in [2.05, 4.69) is 36.1 Å². The van der Waals surface area contributed by atoms with Crippen molar-refractivity contribution < 1.29 is 9.53 Å². The van der Waals surface area contributed by atoms with Gasteiger partial charge >= 0.3 is 0 Å². The SMILES string of the molecule is Cc1ccc(-n2nc(C)c3sc(N4CCCN(C(=O)COc5ccc(Cl)cc5)CC4)nc32)cc1. The number of thiazole rings is 1. The van der Waals surface area contributed by atoms with Crippen LogP contribution in [-0.4, -0.2) is 58.4 Å². The van der Waals surface area contributed by atoms with E-state index in [1.165, 1.54) is 5.56 Å². The number of hydrogen-bond donors (Lipinski definition) is 0. The molecule has 34 heavy (non-hydrogen) atoms. The van der Waals surface area contributed by atoms with Crippen molar-refractivity contribution in [3.63, 3.8) is 0 Å². The fourth-order valence-electron chi connectivity index (χ4n) is 4.05. The molecule has 5 rings (SSSR count). The van der Waals surface area contributed by atoms with Gasteiger partial charge in [0.25, 0.3) is 5.91 Å². The highest BCUT2D eigenvalue weighted by atomic mass is 35.5. The highest BCUT2D eigenvalue weighted by Gasteiger charge is 2.23. The number of carbonyl (C=O) groups is 1. The molecule has 4 aromatic rings. The zero-order valence-corrected chi connectivity index (χ0v) is 20.8. The molecule has 176 valence electrons. The first-order chi connectivity index (χ1) is 16.5. The van der Waals surface area contributed by atoms with Crippen molar-refractivity contribution in [2.45, 2.75) is 20.3 Å². The molecular weight excluding hydrogens is 470 g/mol. The largest absolute Gasteiger partial charge is 0.484 e. The Bertz CT molecular complexity index is 1300. The van der Waals surface area contributed by atoms with Crippen LogP contribution in [0, 0.1) is 13.8 Å². The lowest BCUT2D eigenvalue weighted by molar-refractivity contribution is -0.133. The molecule has 7 nitrogen and oxygen atoms in total. The fraction of sp³-hybridized carbons (Fsp3) is 0.320. The van der Waals surface area contributed by atoms with Gasteiger partial charge in [-0.25, -0.2) is 4.68 Å². The number of halogens is 1. The molecule has 0 aliphatic carbocycles. The molecule has 0 spiro atoms. The third-order valence-corrected chi connectivity index (χ3v) is 7.42. The second kappa shape index (κ2) is 9.64. The van der Waals surface area contributed by atoms with Crippen LogP contribution < -0.4 is 9.64 Å².